The topological polar surface area (TPSA) is 110 Å². The summed E-state index contributed by atoms with van der Waals surface area (Å²) in [7, 11) is 0. The number of carbonyl (C=O) groups excluding carboxylic acids is 2. The van der Waals surface area contributed by atoms with Gasteiger partial charge in [-0.05, 0) is 48.7 Å². The van der Waals surface area contributed by atoms with E-state index in [9.17, 15) is 9.59 Å². The van der Waals surface area contributed by atoms with Crippen molar-refractivity contribution in [3.05, 3.63) is 102 Å². The number of furan rings is 1. The summed E-state index contributed by atoms with van der Waals surface area (Å²) in [5.41, 5.74) is 4.60. The van der Waals surface area contributed by atoms with Crippen molar-refractivity contribution in [3.63, 3.8) is 0 Å². The summed E-state index contributed by atoms with van der Waals surface area (Å²) < 4.78 is 10.7. The monoisotopic (exact) mass is 478 g/mol. The first-order valence-corrected chi connectivity index (χ1v) is 11.7. The molecule has 0 unspecified atom stereocenters. The van der Waals surface area contributed by atoms with E-state index in [0.717, 1.165) is 29.7 Å². The van der Waals surface area contributed by atoms with Crippen LogP contribution >= 0.6 is 0 Å². The first kappa shape index (κ1) is 21.8. The summed E-state index contributed by atoms with van der Waals surface area (Å²) in [6, 6.07) is 22.0. The number of rotatable bonds is 7. The van der Waals surface area contributed by atoms with Gasteiger partial charge in [0.05, 0.1) is 17.2 Å². The molecule has 0 aliphatic heterocycles. The second kappa shape index (κ2) is 9.14. The first-order chi connectivity index (χ1) is 17.7. The van der Waals surface area contributed by atoms with Crippen LogP contribution in [0.1, 0.15) is 50.9 Å². The molecule has 1 aliphatic carbocycles. The molecule has 3 heterocycles. The number of nitrogens with zero attached hydrogens (tertiary/aromatic N) is 2. The van der Waals surface area contributed by atoms with Crippen LogP contribution in [0.2, 0.25) is 0 Å². The average molecular weight is 479 g/mol. The molecule has 8 heteroatoms. The molecule has 36 heavy (non-hydrogen) atoms. The summed E-state index contributed by atoms with van der Waals surface area (Å²) in [6.45, 7) is 0.276. The number of hydrogen-bond donors (Lipinski definition) is 2. The fourth-order valence-corrected chi connectivity index (χ4v) is 4.17. The molecule has 0 atom stereocenters. The van der Waals surface area contributed by atoms with Gasteiger partial charge in [0.2, 0.25) is 0 Å². The zero-order chi connectivity index (χ0) is 24.5. The number of amides is 2. The molecule has 1 fully saturated rings. The van der Waals surface area contributed by atoms with Crippen molar-refractivity contribution in [2.45, 2.75) is 25.3 Å². The van der Waals surface area contributed by atoms with E-state index < -0.39 is 0 Å². The fraction of sp³-hybridized carbons (Fsp3) is 0.143. The van der Waals surface area contributed by atoms with Crippen LogP contribution < -0.4 is 10.6 Å². The standard InChI is InChI=1S/C28H22N4O4/c33-26(29-16-17-6-4-9-20(14-17)30-27(34)23-10-5-13-35-23)21-15-22(18-11-12-18)31-28-24(21)25(32-36-28)19-7-2-1-3-8-19/h1-10,13-15,18H,11-12,16H2,(H,29,33)(H,30,34). The van der Waals surface area contributed by atoms with E-state index >= 15 is 0 Å². The van der Waals surface area contributed by atoms with Gasteiger partial charge in [-0.25, -0.2) is 4.98 Å². The van der Waals surface area contributed by atoms with Crippen LogP contribution in [-0.2, 0) is 6.54 Å². The van der Waals surface area contributed by atoms with Gasteiger partial charge in [0.1, 0.15) is 5.69 Å². The van der Waals surface area contributed by atoms with Crippen molar-refractivity contribution in [3.8, 4) is 11.3 Å². The van der Waals surface area contributed by atoms with Crippen LogP contribution in [0.15, 0.2) is 88.0 Å². The minimum atomic E-state index is -0.339. The van der Waals surface area contributed by atoms with E-state index in [-0.39, 0.29) is 24.1 Å². The van der Waals surface area contributed by atoms with Crippen LogP contribution in [0.5, 0.6) is 0 Å². The lowest BCUT2D eigenvalue weighted by molar-refractivity contribution is 0.0951. The Morgan fingerprint density at radius 2 is 1.81 bits per heavy atom. The number of carbonyl (C=O) groups is 2. The molecule has 0 spiro atoms. The van der Waals surface area contributed by atoms with Gasteiger partial charge in [-0.3, -0.25) is 9.59 Å². The van der Waals surface area contributed by atoms with Crippen LogP contribution in [0.4, 0.5) is 5.69 Å². The Balaban J connectivity index is 1.26. The fourth-order valence-electron chi connectivity index (χ4n) is 4.17. The highest BCUT2D eigenvalue weighted by molar-refractivity contribution is 6.09. The van der Waals surface area contributed by atoms with Crippen LogP contribution in [-0.4, -0.2) is 22.0 Å². The third kappa shape index (κ3) is 4.36. The second-order valence-electron chi connectivity index (χ2n) is 8.76. The number of fused-ring (bicyclic) bond motifs is 1. The highest BCUT2D eigenvalue weighted by Crippen LogP contribution is 2.41. The van der Waals surface area contributed by atoms with Crippen molar-refractivity contribution in [1.29, 1.82) is 0 Å². The molecule has 5 aromatic rings. The number of benzene rings is 2. The van der Waals surface area contributed by atoms with Crippen molar-refractivity contribution < 1.29 is 18.5 Å². The normalized spacial score (nSPS) is 13.0. The number of hydrogen-bond acceptors (Lipinski definition) is 6. The van der Waals surface area contributed by atoms with Gasteiger partial charge in [0, 0.05) is 29.4 Å². The summed E-state index contributed by atoms with van der Waals surface area (Å²) in [6.07, 6.45) is 3.55. The predicted octanol–water partition coefficient (Wildman–Crippen LogP) is 5.54. The highest BCUT2D eigenvalue weighted by atomic mass is 16.5. The number of nitrogens with one attached hydrogen (secondary N) is 2. The molecular weight excluding hydrogens is 456 g/mol. The third-order valence-corrected chi connectivity index (χ3v) is 6.14. The van der Waals surface area contributed by atoms with Gasteiger partial charge in [-0.15, -0.1) is 0 Å². The van der Waals surface area contributed by atoms with E-state index in [1.807, 2.05) is 54.6 Å². The quantitative estimate of drug-likeness (QED) is 0.318. The lowest BCUT2D eigenvalue weighted by Crippen LogP contribution is -2.23. The maximum absolute atomic E-state index is 13.4. The Bertz CT molecular complexity index is 1550. The van der Waals surface area contributed by atoms with E-state index in [2.05, 4.69) is 20.8 Å². The summed E-state index contributed by atoms with van der Waals surface area (Å²) in [5, 5.41) is 10.6. The summed E-state index contributed by atoms with van der Waals surface area (Å²) in [5.74, 6) is -0.00549. The lowest BCUT2D eigenvalue weighted by Gasteiger charge is -2.10. The zero-order valence-corrected chi connectivity index (χ0v) is 19.2. The molecule has 8 nitrogen and oxygen atoms in total. The Labute approximate surface area is 206 Å². The molecule has 2 aromatic carbocycles. The van der Waals surface area contributed by atoms with Crippen molar-refractivity contribution in [1.82, 2.24) is 15.5 Å². The lowest BCUT2D eigenvalue weighted by atomic mass is 10.0. The number of anilines is 1. The maximum Gasteiger partial charge on any atom is 0.291 e. The maximum atomic E-state index is 13.4. The van der Waals surface area contributed by atoms with Gasteiger partial charge in [-0.1, -0.05) is 47.6 Å². The molecule has 6 rings (SSSR count). The minimum Gasteiger partial charge on any atom is -0.459 e. The predicted molar refractivity (Wildman–Crippen MR) is 133 cm³/mol. The number of pyridine rings is 1. The molecule has 2 amide bonds. The van der Waals surface area contributed by atoms with Crippen LogP contribution in [0.3, 0.4) is 0 Å². The molecule has 0 bridgehead atoms. The molecule has 1 saturated carbocycles. The van der Waals surface area contributed by atoms with Crippen molar-refractivity contribution >= 4 is 28.6 Å². The summed E-state index contributed by atoms with van der Waals surface area (Å²) >= 11 is 0. The Kier molecular flexibility index (Phi) is 5.53. The Morgan fingerprint density at radius 3 is 2.58 bits per heavy atom. The van der Waals surface area contributed by atoms with E-state index in [4.69, 9.17) is 8.94 Å². The SMILES string of the molecule is O=C(Nc1cccc(CNC(=O)c2cc(C3CC3)nc3onc(-c4ccccc4)c23)c1)c1ccco1. The Morgan fingerprint density at radius 1 is 0.944 bits per heavy atom. The molecule has 178 valence electrons. The van der Waals surface area contributed by atoms with Crippen molar-refractivity contribution in [2.24, 2.45) is 0 Å². The first-order valence-electron chi connectivity index (χ1n) is 11.7. The molecule has 2 N–H and O–H groups in total. The molecule has 0 saturated heterocycles. The van der Waals surface area contributed by atoms with Gasteiger partial charge in [0.25, 0.3) is 17.5 Å². The van der Waals surface area contributed by atoms with Crippen LogP contribution in [0, 0.1) is 0 Å². The smallest absolute Gasteiger partial charge is 0.291 e. The van der Waals surface area contributed by atoms with Gasteiger partial charge >= 0.3 is 0 Å². The minimum absolute atomic E-state index is 0.227. The molecule has 1 aliphatic rings. The van der Waals surface area contributed by atoms with Crippen LogP contribution in [0.25, 0.3) is 22.4 Å². The molecular formula is C28H22N4O4. The van der Waals surface area contributed by atoms with E-state index in [1.54, 1.807) is 18.2 Å². The zero-order valence-electron chi connectivity index (χ0n) is 19.2. The van der Waals surface area contributed by atoms with E-state index in [1.165, 1.54) is 6.26 Å². The highest BCUT2D eigenvalue weighted by Gasteiger charge is 2.29. The van der Waals surface area contributed by atoms with Gasteiger partial charge in [0.15, 0.2) is 5.76 Å². The van der Waals surface area contributed by atoms with E-state index in [0.29, 0.717) is 34.0 Å². The summed E-state index contributed by atoms with van der Waals surface area (Å²) in [4.78, 5) is 30.4. The van der Waals surface area contributed by atoms with Gasteiger partial charge in [-0.2, -0.15) is 0 Å². The average Bonchev–Trinajstić information content (AvgIpc) is 3.43. The molecule has 0 radical (unpaired) electrons. The largest absolute Gasteiger partial charge is 0.459 e. The van der Waals surface area contributed by atoms with Crippen molar-refractivity contribution in [2.75, 3.05) is 5.32 Å². The second-order valence-corrected chi connectivity index (χ2v) is 8.76. The Hall–Kier alpha value is -4.72. The van der Waals surface area contributed by atoms with Gasteiger partial charge < -0.3 is 19.6 Å². The number of aromatic nitrogens is 2. The molecule has 3 aromatic heterocycles. The third-order valence-electron chi connectivity index (χ3n) is 6.14.